The lowest BCUT2D eigenvalue weighted by atomic mass is 10.3. The lowest BCUT2D eigenvalue weighted by Crippen LogP contribution is -2.13. The summed E-state index contributed by atoms with van der Waals surface area (Å²) in [4.78, 5) is -0.447. The molecule has 0 radical (unpaired) electrons. The predicted octanol–water partition coefficient (Wildman–Crippen LogP) is 2.52. The normalized spacial score (nSPS) is 11.9. The number of thiophene rings is 1. The van der Waals surface area contributed by atoms with Crippen LogP contribution in [-0.2, 0) is 5.92 Å². The molecule has 0 aromatic carbocycles. The summed E-state index contributed by atoms with van der Waals surface area (Å²) in [5.74, 6) is -3.70. The summed E-state index contributed by atoms with van der Waals surface area (Å²) in [5, 5.41) is 9.80. The molecule has 1 nitrogen and oxygen atoms in total. The second-order valence-electron chi connectivity index (χ2n) is 2.01. The number of rotatable bonds is 2. The summed E-state index contributed by atoms with van der Waals surface area (Å²) >= 11 is 0.641. The van der Waals surface area contributed by atoms with Crippen LogP contribution in [0.2, 0.25) is 0 Å². The molecule has 0 saturated carbocycles. The molecule has 0 unspecified atom stereocenters. The van der Waals surface area contributed by atoms with Gasteiger partial charge in [0.1, 0.15) is 5.75 Å². The lowest BCUT2D eigenvalue weighted by Gasteiger charge is -2.07. The van der Waals surface area contributed by atoms with Gasteiger partial charge in [0.2, 0.25) is 0 Å². The van der Waals surface area contributed by atoms with Gasteiger partial charge < -0.3 is 5.11 Å². The highest BCUT2D eigenvalue weighted by molar-refractivity contribution is 7.10. The van der Waals surface area contributed by atoms with Crippen LogP contribution >= 0.6 is 11.3 Å². The van der Waals surface area contributed by atoms with Crippen LogP contribution in [0, 0.1) is 0 Å². The van der Waals surface area contributed by atoms with Crippen LogP contribution in [0.15, 0.2) is 11.4 Å². The molecule has 0 spiro atoms. The van der Waals surface area contributed by atoms with Gasteiger partial charge in [0.25, 0.3) is 0 Å². The van der Waals surface area contributed by atoms with E-state index in [2.05, 4.69) is 0 Å². The number of aromatic hydroxyl groups is 1. The highest BCUT2D eigenvalue weighted by Gasteiger charge is 2.33. The van der Waals surface area contributed by atoms with Crippen LogP contribution in [0.1, 0.15) is 4.88 Å². The molecule has 1 heterocycles. The lowest BCUT2D eigenvalue weighted by molar-refractivity contribution is -0.0246. The van der Waals surface area contributed by atoms with E-state index in [1.54, 1.807) is 0 Å². The Hall–Kier alpha value is -0.710. The summed E-state index contributed by atoms with van der Waals surface area (Å²) in [6, 6.07) is 0.865. The van der Waals surface area contributed by atoms with E-state index in [0.29, 0.717) is 11.3 Å². The molecule has 0 aliphatic heterocycles. The molecule has 0 saturated heterocycles. The maximum Gasteiger partial charge on any atom is 0.310 e. The van der Waals surface area contributed by atoms with E-state index in [4.69, 9.17) is 5.11 Å². The Labute approximate surface area is 65.1 Å². The fraction of sp³-hybridized carbons (Fsp3) is 0.333. The Bertz CT molecular complexity index is 246. The van der Waals surface area contributed by atoms with Crippen LogP contribution in [0.5, 0.6) is 5.75 Å². The molecular formula is C6H5F3OS. The summed E-state index contributed by atoms with van der Waals surface area (Å²) in [5.41, 5.74) is 0. The number of hydrogen-bond donors (Lipinski definition) is 1. The Morgan fingerprint density at radius 2 is 2.18 bits per heavy atom. The fourth-order valence-corrected chi connectivity index (χ4v) is 1.32. The standard InChI is InChI=1S/C6H5F3OS/c7-3-6(8,9)5-1-4(10)2-11-5/h1-2,10H,3H2. The SMILES string of the molecule is Oc1csc(C(F)(F)CF)c1. The maximum atomic E-state index is 12.4. The van der Waals surface area contributed by atoms with Crippen molar-refractivity contribution in [3.05, 3.63) is 16.3 Å². The van der Waals surface area contributed by atoms with Crippen molar-refractivity contribution in [1.29, 1.82) is 0 Å². The van der Waals surface area contributed by atoms with Gasteiger partial charge in [-0.15, -0.1) is 11.3 Å². The minimum Gasteiger partial charge on any atom is -0.507 e. The molecule has 1 aromatic rings. The van der Waals surface area contributed by atoms with Gasteiger partial charge in [-0.25, -0.2) is 4.39 Å². The quantitative estimate of drug-likeness (QED) is 0.745. The maximum absolute atomic E-state index is 12.4. The van der Waals surface area contributed by atoms with Crippen molar-refractivity contribution in [2.45, 2.75) is 5.92 Å². The Morgan fingerprint density at radius 1 is 1.55 bits per heavy atom. The second-order valence-corrected chi connectivity index (χ2v) is 2.92. The van der Waals surface area contributed by atoms with Crippen LogP contribution in [0.4, 0.5) is 13.2 Å². The summed E-state index contributed by atoms with van der Waals surface area (Å²) in [6.45, 7) is -1.73. The highest BCUT2D eigenvalue weighted by Crippen LogP contribution is 2.35. The molecule has 1 N–H and O–H groups in total. The van der Waals surface area contributed by atoms with E-state index < -0.39 is 17.5 Å². The van der Waals surface area contributed by atoms with Crippen molar-refractivity contribution < 1.29 is 18.3 Å². The third kappa shape index (κ3) is 1.65. The third-order valence-electron chi connectivity index (χ3n) is 1.11. The monoisotopic (exact) mass is 182 g/mol. The van der Waals surface area contributed by atoms with Crippen molar-refractivity contribution in [3.8, 4) is 5.75 Å². The number of hydrogen-bond acceptors (Lipinski definition) is 2. The minimum absolute atomic E-state index is 0.252. The molecule has 0 amide bonds. The molecule has 0 atom stereocenters. The van der Waals surface area contributed by atoms with Crippen molar-refractivity contribution in [1.82, 2.24) is 0 Å². The van der Waals surface area contributed by atoms with E-state index in [0.717, 1.165) is 11.4 Å². The molecule has 1 aromatic heterocycles. The van der Waals surface area contributed by atoms with E-state index in [1.165, 1.54) is 0 Å². The largest absolute Gasteiger partial charge is 0.507 e. The van der Waals surface area contributed by atoms with Gasteiger partial charge in [-0.2, -0.15) is 8.78 Å². The molecule has 0 fully saturated rings. The zero-order valence-electron chi connectivity index (χ0n) is 5.35. The second kappa shape index (κ2) is 2.73. The van der Waals surface area contributed by atoms with Crippen molar-refractivity contribution in [2.75, 3.05) is 6.67 Å². The Morgan fingerprint density at radius 3 is 2.55 bits per heavy atom. The molecule has 5 heteroatoms. The summed E-state index contributed by atoms with van der Waals surface area (Å²) < 4.78 is 36.5. The first kappa shape index (κ1) is 8.39. The Kier molecular flexibility index (Phi) is 2.08. The Balaban J connectivity index is 2.92. The summed E-state index contributed by atoms with van der Waals surface area (Å²) in [6.07, 6.45) is 0. The first-order valence-corrected chi connectivity index (χ1v) is 3.66. The first-order chi connectivity index (χ1) is 5.06. The van der Waals surface area contributed by atoms with E-state index >= 15 is 0 Å². The zero-order valence-corrected chi connectivity index (χ0v) is 6.17. The van der Waals surface area contributed by atoms with Gasteiger partial charge in [0.05, 0.1) is 4.88 Å². The molecule has 11 heavy (non-hydrogen) atoms. The van der Waals surface area contributed by atoms with Gasteiger partial charge in [-0.05, 0) is 6.07 Å². The molecule has 62 valence electrons. The fourth-order valence-electron chi connectivity index (χ4n) is 0.584. The topological polar surface area (TPSA) is 20.2 Å². The molecule has 1 rings (SSSR count). The molecular weight excluding hydrogens is 177 g/mol. The first-order valence-electron chi connectivity index (χ1n) is 2.78. The van der Waals surface area contributed by atoms with Crippen LogP contribution in [-0.4, -0.2) is 11.8 Å². The van der Waals surface area contributed by atoms with Gasteiger partial charge in [0, 0.05) is 5.38 Å². The number of halogens is 3. The average Bonchev–Trinajstić information content (AvgIpc) is 2.36. The predicted molar refractivity (Wildman–Crippen MR) is 35.9 cm³/mol. The highest BCUT2D eigenvalue weighted by atomic mass is 32.1. The van der Waals surface area contributed by atoms with Crippen molar-refractivity contribution >= 4 is 11.3 Å². The molecule has 0 bridgehead atoms. The van der Waals surface area contributed by atoms with Gasteiger partial charge >= 0.3 is 5.92 Å². The van der Waals surface area contributed by atoms with Gasteiger partial charge in [-0.1, -0.05) is 0 Å². The zero-order chi connectivity index (χ0) is 8.48. The van der Waals surface area contributed by atoms with Crippen LogP contribution in [0.25, 0.3) is 0 Å². The van der Waals surface area contributed by atoms with E-state index in [1.807, 2.05) is 0 Å². The van der Waals surface area contributed by atoms with Crippen molar-refractivity contribution in [3.63, 3.8) is 0 Å². The average molecular weight is 182 g/mol. The van der Waals surface area contributed by atoms with Crippen molar-refractivity contribution in [2.24, 2.45) is 0 Å². The van der Waals surface area contributed by atoms with Gasteiger partial charge in [-0.3, -0.25) is 0 Å². The van der Waals surface area contributed by atoms with Crippen LogP contribution in [0.3, 0.4) is 0 Å². The van der Waals surface area contributed by atoms with E-state index in [9.17, 15) is 13.2 Å². The van der Waals surface area contributed by atoms with Crippen LogP contribution < -0.4 is 0 Å². The summed E-state index contributed by atoms with van der Waals surface area (Å²) in [7, 11) is 0. The number of alkyl halides is 3. The van der Waals surface area contributed by atoms with E-state index in [-0.39, 0.29) is 5.75 Å². The molecule has 0 aliphatic rings. The minimum atomic E-state index is -3.45. The third-order valence-corrected chi connectivity index (χ3v) is 2.14. The smallest absolute Gasteiger partial charge is 0.310 e. The molecule has 0 aliphatic carbocycles. The van der Waals surface area contributed by atoms with Gasteiger partial charge in [0.15, 0.2) is 6.67 Å².